The number of aromatic nitrogens is 3. The number of rotatable bonds is 9. The Hall–Kier alpha value is -2.17. The highest BCUT2D eigenvalue weighted by Gasteiger charge is 2.18. The van der Waals surface area contributed by atoms with Crippen molar-refractivity contribution in [3.05, 3.63) is 39.9 Å². The average molecular weight is 422 g/mol. The van der Waals surface area contributed by atoms with Crippen LogP contribution in [0.15, 0.2) is 40.2 Å². The molecule has 0 radical (unpaired) electrons. The second-order valence-electron chi connectivity index (χ2n) is 5.77. The standard InChI is InChI=1S/C17H19N5O2S3/c1-21(10-12-4-2-8-25-12)15(24)11-27-17-20-19-16(13-5-3-9-26-13)22(17)7-6-14(18)23/h2-5,8-9H,6-7,10-11H2,1H3,(H2,18,23). The first-order valence-electron chi connectivity index (χ1n) is 8.19. The molecule has 0 unspecified atom stereocenters. The molecule has 0 aliphatic heterocycles. The van der Waals surface area contributed by atoms with Gasteiger partial charge in [-0.2, -0.15) is 0 Å². The summed E-state index contributed by atoms with van der Waals surface area (Å²) in [5.41, 5.74) is 5.30. The van der Waals surface area contributed by atoms with E-state index in [-0.39, 0.29) is 24.0 Å². The SMILES string of the molecule is CN(Cc1cccs1)C(=O)CSc1nnc(-c2cccs2)n1CCC(N)=O. The van der Waals surface area contributed by atoms with Crippen molar-refractivity contribution in [1.29, 1.82) is 0 Å². The molecule has 3 rings (SSSR count). The van der Waals surface area contributed by atoms with Gasteiger partial charge >= 0.3 is 0 Å². The summed E-state index contributed by atoms with van der Waals surface area (Å²) in [4.78, 5) is 27.4. The fourth-order valence-electron chi connectivity index (χ4n) is 2.37. The second-order valence-corrected chi connectivity index (χ2v) is 8.69. The Kier molecular flexibility index (Phi) is 6.64. The summed E-state index contributed by atoms with van der Waals surface area (Å²) in [5, 5.41) is 13.0. The number of amides is 2. The number of thioether (sulfide) groups is 1. The smallest absolute Gasteiger partial charge is 0.233 e. The second kappa shape index (κ2) is 9.16. The zero-order valence-corrected chi connectivity index (χ0v) is 17.1. The molecule has 0 fully saturated rings. The minimum absolute atomic E-state index is 0.00975. The third kappa shape index (κ3) is 5.18. The highest BCUT2D eigenvalue weighted by Crippen LogP contribution is 2.27. The Balaban J connectivity index is 1.68. The van der Waals surface area contributed by atoms with E-state index in [4.69, 9.17) is 5.73 Å². The zero-order chi connectivity index (χ0) is 19.2. The van der Waals surface area contributed by atoms with Crippen LogP contribution < -0.4 is 5.73 Å². The van der Waals surface area contributed by atoms with Gasteiger partial charge in [0.2, 0.25) is 11.8 Å². The molecule has 0 aliphatic carbocycles. The molecule has 10 heteroatoms. The fourth-order valence-corrected chi connectivity index (χ4v) is 4.75. The molecule has 0 bridgehead atoms. The van der Waals surface area contributed by atoms with Crippen molar-refractivity contribution in [2.45, 2.75) is 24.7 Å². The lowest BCUT2D eigenvalue weighted by atomic mass is 10.4. The van der Waals surface area contributed by atoms with Crippen molar-refractivity contribution in [3.8, 4) is 10.7 Å². The largest absolute Gasteiger partial charge is 0.370 e. The summed E-state index contributed by atoms with van der Waals surface area (Å²) in [6.45, 7) is 0.975. The molecule has 0 spiro atoms. The lowest BCUT2D eigenvalue weighted by Gasteiger charge is -2.16. The molecule has 2 amide bonds. The number of hydrogen-bond acceptors (Lipinski definition) is 7. The van der Waals surface area contributed by atoms with Gasteiger partial charge in [-0.3, -0.25) is 9.59 Å². The van der Waals surface area contributed by atoms with E-state index in [0.29, 0.717) is 24.1 Å². The van der Waals surface area contributed by atoms with Gasteiger partial charge in [0.1, 0.15) is 0 Å². The number of nitrogens with zero attached hydrogens (tertiary/aromatic N) is 4. The maximum atomic E-state index is 12.4. The summed E-state index contributed by atoms with van der Waals surface area (Å²) in [6, 6.07) is 7.86. The van der Waals surface area contributed by atoms with E-state index in [0.717, 1.165) is 9.75 Å². The summed E-state index contributed by atoms with van der Waals surface area (Å²) < 4.78 is 1.85. The number of primary amides is 1. The van der Waals surface area contributed by atoms with Crippen LogP contribution in [0.4, 0.5) is 0 Å². The van der Waals surface area contributed by atoms with E-state index in [9.17, 15) is 9.59 Å². The maximum absolute atomic E-state index is 12.4. The molecule has 3 aromatic rings. The van der Waals surface area contributed by atoms with Gasteiger partial charge in [-0.15, -0.1) is 32.9 Å². The number of carbonyl (C=O) groups excluding carboxylic acids is 2. The van der Waals surface area contributed by atoms with Crippen LogP contribution in [0, 0.1) is 0 Å². The number of thiophene rings is 2. The van der Waals surface area contributed by atoms with Gasteiger partial charge < -0.3 is 15.2 Å². The van der Waals surface area contributed by atoms with Gasteiger partial charge in [0.25, 0.3) is 0 Å². The Bertz CT molecular complexity index is 890. The summed E-state index contributed by atoms with van der Waals surface area (Å²) >= 11 is 4.49. The first-order chi connectivity index (χ1) is 13.0. The van der Waals surface area contributed by atoms with Crippen molar-refractivity contribution in [2.24, 2.45) is 5.73 Å². The summed E-state index contributed by atoms with van der Waals surface area (Å²) in [7, 11) is 1.79. The molecule has 3 aromatic heterocycles. The molecule has 0 saturated heterocycles. The lowest BCUT2D eigenvalue weighted by Crippen LogP contribution is -2.27. The Morgan fingerprint density at radius 2 is 2.00 bits per heavy atom. The van der Waals surface area contributed by atoms with Crippen LogP contribution in [0.3, 0.4) is 0 Å². The number of hydrogen-bond donors (Lipinski definition) is 1. The van der Waals surface area contributed by atoms with Gasteiger partial charge in [0, 0.05) is 24.9 Å². The van der Waals surface area contributed by atoms with Crippen LogP contribution in [0.1, 0.15) is 11.3 Å². The van der Waals surface area contributed by atoms with Crippen LogP contribution in [0.5, 0.6) is 0 Å². The van der Waals surface area contributed by atoms with Gasteiger partial charge in [0.15, 0.2) is 11.0 Å². The Labute approximate surface area is 169 Å². The first-order valence-corrected chi connectivity index (χ1v) is 10.9. The van der Waals surface area contributed by atoms with Crippen LogP contribution in [-0.2, 0) is 22.7 Å². The minimum atomic E-state index is -0.386. The minimum Gasteiger partial charge on any atom is -0.370 e. The van der Waals surface area contributed by atoms with Crippen molar-refractivity contribution in [3.63, 3.8) is 0 Å². The normalized spacial score (nSPS) is 10.9. The highest BCUT2D eigenvalue weighted by atomic mass is 32.2. The molecule has 142 valence electrons. The van der Waals surface area contributed by atoms with Gasteiger partial charge in [-0.05, 0) is 22.9 Å². The van der Waals surface area contributed by atoms with E-state index in [1.54, 1.807) is 34.6 Å². The first kappa shape index (κ1) is 19.6. The monoisotopic (exact) mass is 421 g/mol. The summed E-state index contributed by atoms with van der Waals surface area (Å²) in [6.07, 6.45) is 0.191. The molecule has 0 saturated carbocycles. The van der Waals surface area contributed by atoms with Crippen LogP contribution in [0.25, 0.3) is 10.7 Å². The fraction of sp³-hybridized carbons (Fsp3) is 0.294. The van der Waals surface area contributed by atoms with Crippen LogP contribution >= 0.6 is 34.4 Å². The van der Waals surface area contributed by atoms with Gasteiger partial charge in [0.05, 0.1) is 17.2 Å². The Morgan fingerprint density at radius 1 is 1.22 bits per heavy atom. The quantitative estimate of drug-likeness (QED) is 0.536. The molecule has 0 aromatic carbocycles. The third-order valence-corrected chi connectivity index (χ3v) is 6.44. The lowest BCUT2D eigenvalue weighted by molar-refractivity contribution is -0.127. The third-order valence-electron chi connectivity index (χ3n) is 3.76. The van der Waals surface area contributed by atoms with Crippen molar-refractivity contribution in [1.82, 2.24) is 19.7 Å². The van der Waals surface area contributed by atoms with Crippen molar-refractivity contribution in [2.75, 3.05) is 12.8 Å². The predicted molar refractivity (Wildman–Crippen MR) is 109 cm³/mol. The zero-order valence-electron chi connectivity index (χ0n) is 14.7. The molecule has 3 heterocycles. The van der Waals surface area contributed by atoms with E-state index in [1.165, 1.54) is 11.8 Å². The highest BCUT2D eigenvalue weighted by molar-refractivity contribution is 7.99. The van der Waals surface area contributed by atoms with Gasteiger partial charge in [-0.1, -0.05) is 23.9 Å². The van der Waals surface area contributed by atoms with Crippen molar-refractivity contribution >= 4 is 46.2 Å². The average Bonchev–Trinajstić information content (AvgIpc) is 3.38. The topological polar surface area (TPSA) is 94.1 Å². The molecule has 0 aliphatic rings. The van der Waals surface area contributed by atoms with Crippen LogP contribution in [-0.4, -0.2) is 44.3 Å². The van der Waals surface area contributed by atoms with E-state index < -0.39 is 0 Å². The van der Waals surface area contributed by atoms with Gasteiger partial charge in [-0.25, -0.2) is 0 Å². The number of nitrogens with two attached hydrogens (primary N) is 1. The van der Waals surface area contributed by atoms with Crippen LogP contribution in [0.2, 0.25) is 0 Å². The van der Waals surface area contributed by atoms with E-state index >= 15 is 0 Å². The molecule has 7 nitrogen and oxygen atoms in total. The maximum Gasteiger partial charge on any atom is 0.233 e. The summed E-state index contributed by atoms with van der Waals surface area (Å²) in [5.74, 6) is 0.563. The van der Waals surface area contributed by atoms with E-state index in [1.807, 2.05) is 39.6 Å². The molecular weight excluding hydrogens is 402 g/mol. The van der Waals surface area contributed by atoms with Crippen molar-refractivity contribution < 1.29 is 9.59 Å². The predicted octanol–water partition coefficient (Wildman–Crippen LogP) is 2.69. The molecule has 0 atom stereocenters. The number of carbonyl (C=O) groups is 2. The Morgan fingerprint density at radius 3 is 2.67 bits per heavy atom. The van der Waals surface area contributed by atoms with E-state index in [2.05, 4.69) is 10.2 Å². The molecule has 2 N–H and O–H groups in total. The molecular formula is C17H19N5O2S3. The molecule has 27 heavy (non-hydrogen) atoms.